The lowest BCUT2D eigenvalue weighted by Gasteiger charge is -2.19. The van der Waals surface area contributed by atoms with Gasteiger partial charge in [0.1, 0.15) is 5.01 Å². The van der Waals surface area contributed by atoms with E-state index in [4.69, 9.17) is 9.98 Å². The highest BCUT2D eigenvalue weighted by Crippen LogP contribution is 2.39. The largest absolute Gasteiger partial charge is 0.256 e. The molecule has 2 nitrogen and oxygen atoms in total. The summed E-state index contributed by atoms with van der Waals surface area (Å²) >= 11 is 1.72. The zero-order valence-corrected chi connectivity index (χ0v) is 24.2. The van der Waals surface area contributed by atoms with E-state index in [1.54, 1.807) is 11.3 Å². The summed E-state index contributed by atoms with van der Waals surface area (Å²) < 4.78 is 1.17. The Morgan fingerprint density at radius 2 is 1.40 bits per heavy atom. The fourth-order valence-corrected chi connectivity index (χ4v) is 5.93. The van der Waals surface area contributed by atoms with Gasteiger partial charge in [0.15, 0.2) is 0 Å². The molecular weight excluding hydrogens is 504 g/mol. The van der Waals surface area contributed by atoms with Gasteiger partial charge in [-0.05, 0) is 70.5 Å². The number of thiazole rings is 1. The molecule has 0 spiro atoms. The van der Waals surface area contributed by atoms with Gasteiger partial charge >= 0.3 is 0 Å². The number of hydrogen-bond donors (Lipinski definition) is 0. The SMILES string of the molecule is Cc1ccc(-c2cccc(-c3cccc4sc(-c5ccccc5N=Cc5cccc(C(C)(C)C)c5)nc34)c2)cc1. The standard InChI is InChI=1S/C37H32N2S/c1-25-18-20-27(21-19-25)28-11-8-12-29(23-28)31-15-9-17-34-35(31)39-36(40-34)32-14-5-6-16-33(32)38-24-26-10-7-13-30(22-26)37(2,3)4/h5-24H,1-4H3. The van der Waals surface area contributed by atoms with Crippen LogP contribution in [0, 0.1) is 6.92 Å². The van der Waals surface area contributed by atoms with Gasteiger partial charge in [-0.15, -0.1) is 11.3 Å². The Morgan fingerprint density at radius 1 is 0.675 bits per heavy atom. The maximum atomic E-state index is 5.18. The third-order valence-electron chi connectivity index (χ3n) is 7.22. The lowest BCUT2D eigenvalue weighted by Crippen LogP contribution is -2.11. The molecule has 0 fully saturated rings. The van der Waals surface area contributed by atoms with Crippen LogP contribution < -0.4 is 0 Å². The summed E-state index contributed by atoms with van der Waals surface area (Å²) in [6, 6.07) is 40.8. The van der Waals surface area contributed by atoms with E-state index >= 15 is 0 Å². The fourth-order valence-electron chi connectivity index (χ4n) is 4.91. The molecule has 1 aromatic heterocycles. The van der Waals surface area contributed by atoms with Crippen molar-refractivity contribution in [1.29, 1.82) is 0 Å². The predicted octanol–water partition coefficient (Wildman–Crippen LogP) is 10.7. The highest BCUT2D eigenvalue weighted by atomic mass is 32.1. The lowest BCUT2D eigenvalue weighted by molar-refractivity contribution is 0.590. The van der Waals surface area contributed by atoms with Crippen LogP contribution >= 0.6 is 11.3 Å². The van der Waals surface area contributed by atoms with Crippen molar-refractivity contribution in [2.75, 3.05) is 0 Å². The quantitative estimate of drug-likeness (QED) is 0.201. The van der Waals surface area contributed by atoms with Crippen LogP contribution in [0.4, 0.5) is 5.69 Å². The van der Waals surface area contributed by atoms with Crippen LogP contribution in [0.1, 0.15) is 37.5 Å². The van der Waals surface area contributed by atoms with Crippen molar-refractivity contribution in [2.24, 2.45) is 4.99 Å². The number of benzene rings is 5. The molecule has 5 aromatic carbocycles. The summed E-state index contributed by atoms with van der Waals surface area (Å²) in [5.74, 6) is 0. The fraction of sp³-hybridized carbons (Fsp3) is 0.135. The van der Waals surface area contributed by atoms with Gasteiger partial charge in [-0.3, -0.25) is 4.99 Å². The van der Waals surface area contributed by atoms with Gasteiger partial charge in [0, 0.05) is 17.3 Å². The number of nitrogens with zero attached hydrogens (tertiary/aromatic N) is 2. The molecule has 6 aromatic rings. The zero-order chi connectivity index (χ0) is 27.7. The van der Waals surface area contributed by atoms with E-state index in [2.05, 4.69) is 137 Å². The highest BCUT2D eigenvalue weighted by Gasteiger charge is 2.15. The number of para-hydroxylation sites is 2. The molecule has 0 aliphatic heterocycles. The molecule has 0 unspecified atom stereocenters. The summed E-state index contributed by atoms with van der Waals surface area (Å²) in [5.41, 5.74) is 11.5. The van der Waals surface area contributed by atoms with Gasteiger partial charge in [0.25, 0.3) is 0 Å². The first kappa shape index (κ1) is 25.9. The van der Waals surface area contributed by atoms with Gasteiger partial charge < -0.3 is 0 Å². The Bertz CT molecular complexity index is 1840. The van der Waals surface area contributed by atoms with Gasteiger partial charge in [-0.1, -0.05) is 111 Å². The summed E-state index contributed by atoms with van der Waals surface area (Å²) in [6.07, 6.45) is 1.96. The molecule has 0 aliphatic carbocycles. The van der Waals surface area contributed by atoms with E-state index in [0.717, 1.165) is 32.9 Å². The number of rotatable bonds is 5. The first-order valence-corrected chi connectivity index (χ1v) is 14.5. The Balaban J connectivity index is 1.37. The molecule has 0 N–H and O–H groups in total. The molecule has 0 bridgehead atoms. The first-order valence-electron chi connectivity index (χ1n) is 13.7. The Labute approximate surface area is 240 Å². The maximum Gasteiger partial charge on any atom is 0.126 e. The van der Waals surface area contributed by atoms with Crippen LogP contribution in [0.25, 0.3) is 43.0 Å². The van der Waals surface area contributed by atoms with Crippen molar-refractivity contribution in [3.63, 3.8) is 0 Å². The first-order chi connectivity index (χ1) is 19.3. The number of fused-ring (bicyclic) bond motifs is 1. The summed E-state index contributed by atoms with van der Waals surface area (Å²) in [6.45, 7) is 8.82. The highest BCUT2D eigenvalue weighted by molar-refractivity contribution is 7.21. The van der Waals surface area contributed by atoms with Gasteiger partial charge in [-0.2, -0.15) is 0 Å². The van der Waals surface area contributed by atoms with Crippen LogP contribution in [0.2, 0.25) is 0 Å². The van der Waals surface area contributed by atoms with Crippen molar-refractivity contribution in [1.82, 2.24) is 4.98 Å². The molecule has 0 atom stereocenters. The third kappa shape index (κ3) is 5.38. The minimum Gasteiger partial charge on any atom is -0.256 e. The van der Waals surface area contributed by atoms with E-state index < -0.39 is 0 Å². The molecule has 40 heavy (non-hydrogen) atoms. The van der Waals surface area contributed by atoms with Crippen LogP contribution in [0.5, 0.6) is 0 Å². The molecule has 3 heteroatoms. The molecule has 1 heterocycles. The van der Waals surface area contributed by atoms with E-state index in [0.29, 0.717) is 0 Å². The minimum absolute atomic E-state index is 0.0973. The van der Waals surface area contributed by atoms with Gasteiger partial charge in [0.2, 0.25) is 0 Å². The van der Waals surface area contributed by atoms with Crippen molar-refractivity contribution in [3.8, 4) is 32.8 Å². The Morgan fingerprint density at radius 3 is 2.23 bits per heavy atom. The number of aromatic nitrogens is 1. The van der Waals surface area contributed by atoms with E-state index in [1.165, 1.54) is 32.5 Å². The molecule has 0 saturated heterocycles. The average Bonchev–Trinajstić information content (AvgIpc) is 3.41. The minimum atomic E-state index is 0.0973. The molecular formula is C37H32N2S. The second kappa shape index (κ2) is 10.7. The van der Waals surface area contributed by atoms with E-state index in [9.17, 15) is 0 Å². The number of hydrogen-bond acceptors (Lipinski definition) is 3. The third-order valence-corrected chi connectivity index (χ3v) is 8.27. The second-order valence-electron chi connectivity index (χ2n) is 11.3. The summed E-state index contributed by atoms with van der Waals surface area (Å²) in [5, 5.41) is 0.980. The molecule has 0 amide bonds. The average molecular weight is 537 g/mol. The molecule has 0 radical (unpaired) electrons. The number of aliphatic imine (C=N–C) groups is 1. The topological polar surface area (TPSA) is 25.2 Å². The smallest absolute Gasteiger partial charge is 0.126 e. The van der Waals surface area contributed by atoms with Crippen LogP contribution in [0.3, 0.4) is 0 Å². The second-order valence-corrected chi connectivity index (χ2v) is 12.3. The van der Waals surface area contributed by atoms with Crippen molar-refractivity contribution >= 4 is 33.5 Å². The predicted molar refractivity (Wildman–Crippen MR) is 173 cm³/mol. The van der Waals surface area contributed by atoms with Crippen molar-refractivity contribution < 1.29 is 0 Å². The van der Waals surface area contributed by atoms with Crippen LogP contribution in [-0.4, -0.2) is 11.2 Å². The monoisotopic (exact) mass is 536 g/mol. The normalized spacial score (nSPS) is 11.9. The van der Waals surface area contributed by atoms with E-state index in [-0.39, 0.29) is 5.41 Å². The number of aryl methyl sites for hydroxylation is 1. The maximum absolute atomic E-state index is 5.18. The zero-order valence-electron chi connectivity index (χ0n) is 23.3. The van der Waals surface area contributed by atoms with E-state index in [1.807, 2.05) is 12.3 Å². The lowest BCUT2D eigenvalue weighted by atomic mass is 9.86. The molecule has 0 saturated carbocycles. The van der Waals surface area contributed by atoms with Crippen LogP contribution in [-0.2, 0) is 5.41 Å². The van der Waals surface area contributed by atoms with Crippen molar-refractivity contribution in [2.45, 2.75) is 33.1 Å². The van der Waals surface area contributed by atoms with Crippen LogP contribution in [0.15, 0.2) is 120 Å². The molecule has 0 aliphatic rings. The summed E-state index contributed by atoms with van der Waals surface area (Å²) in [7, 11) is 0. The Kier molecular flexibility index (Phi) is 6.91. The molecule has 6 rings (SSSR count). The van der Waals surface area contributed by atoms with Crippen molar-refractivity contribution in [3.05, 3.63) is 132 Å². The van der Waals surface area contributed by atoms with Gasteiger partial charge in [-0.25, -0.2) is 4.98 Å². The Hall–Kier alpha value is -4.34. The molecule has 196 valence electrons. The van der Waals surface area contributed by atoms with Gasteiger partial charge in [0.05, 0.1) is 15.9 Å². The summed E-state index contributed by atoms with van der Waals surface area (Å²) in [4.78, 5) is 10.1.